The molecule has 28 heavy (non-hydrogen) atoms. The molecule has 2 N–H and O–H groups in total. The van der Waals surface area contributed by atoms with Crippen LogP contribution < -0.4 is 14.8 Å². The molecule has 3 rings (SSSR count). The van der Waals surface area contributed by atoms with E-state index >= 15 is 0 Å². The molecule has 0 saturated carbocycles. The lowest BCUT2D eigenvalue weighted by atomic mass is 9.96. The number of hydrogen-bond acceptors (Lipinski definition) is 4. The molecular formula is C23H24BrNO3. The third-order valence-electron chi connectivity index (χ3n) is 4.64. The highest BCUT2D eigenvalue weighted by molar-refractivity contribution is 9.10. The maximum atomic E-state index is 10.9. The van der Waals surface area contributed by atoms with Gasteiger partial charge in [-0.1, -0.05) is 52.3 Å². The van der Waals surface area contributed by atoms with Crippen molar-refractivity contribution in [2.24, 2.45) is 0 Å². The third-order valence-corrected chi connectivity index (χ3v) is 5.17. The molecule has 4 nitrogen and oxygen atoms in total. The molecule has 0 amide bonds. The van der Waals surface area contributed by atoms with Gasteiger partial charge in [-0.3, -0.25) is 0 Å². The van der Waals surface area contributed by atoms with Crippen LogP contribution in [0, 0.1) is 0 Å². The number of ether oxygens (including phenoxy) is 2. The molecule has 0 bridgehead atoms. The van der Waals surface area contributed by atoms with Crippen LogP contribution in [0.15, 0.2) is 77.3 Å². The Morgan fingerprint density at radius 1 is 0.857 bits per heavy atom. The quantitative estimate of drug-likeness (QED) is 0.467. The topological polar surface area (TPSA) is 50.7 Å². The van der Waals surface area contributed by atoms with Gasteiger partial charge in [0.2, 0.25) is 0 Å². The fraction of sp³-hybridized carbons (Fsp3) is 0.217. The zero-order valence-corrected chi connectivity index (χ0v) is 17.5. The van der Waals surface area contributed by atoms with Crippen LogP contribution in [0.4, 0.5) is 5.69 Å². The zero-order valence-electron chi connectivity index (χ0n) is 15.9. The first-order valence-corrected chi connectivity index (χ1v) is 9.87. The van der Waals surface area contributed by atoms with E-state index < -0.39 is 6.10 Å². The van der Waals surface area contributed by atoms with E-state index in [0.29, 0.717) is 17.9 Å². The minimum absolute atomic E-state index is 0.0505. The van der Waals surface area contributed by atoms with Crippen molar-refractivity contribution in [3.05, 3.63) is 88.4 Å². The molecule has 3 aromatic rings. The molecule has 0 aromatic heterocycles. The van der Waals surface area contributed by atoms with Crippen LogP contribution >= 0.6 is 15.9 Å². The smallest absolute Gasteiger partial charge is 0.161 e. The SMILES string of the molecule is COc1ccc(C(O)CC(Nc2ccc(Br)cc2)c2ccccc2)cc1OC. The van der Waals surface area contributed by atoms with Crippen molar-refractivity contribution < 1.29 is 14.6 Å². The van der Waals surface area contributed by atoms with Crippen LogP contribution in [0.3, 0.4) is 0 Å². The molecule has 0 aliphatic carbocycles. The summed E-state index contributed by atoms with van der Waals surface area (Å²) in [5.41, 5.74) is 2.90. The van der Waals surface area contributed by atoms with Crippen LogP contribution in [-0.4, -0.2) is 19.3 Å². The molecule has 0 aliphatic rings. The summed E-state index contributed by atoms with van der Waals surface area (Å²) in [6.45, 7) is 0. The number of hydrogen-bond donors (Lipinski definition) is 2. The fourth-order valence-corrected chi connectivity index (χ4v) is 3.39. The second-order valence-electron chi connectivity index (χ2n) is 6.48. The molecule has 0 heterocycles. The molecule has 0 spiro atoms. The average molecular weight is 442 g/mol. The van der Waals surface area contributed by atoms with Gasteiger partial charge >= 0.3 is 0 Å². The van der Waals surface area contributed by atoms with Crippen LogP contribution in [0.1, 0.15) is 29.7 Å². The summed E-state index contributed by atoms with van der Waals surface area (Å²) in [4.78, 5) is 0. The molecule has 0 radical (unpaired) electrons. The van der Waals surface area contributed by atoms with Crippen molar-refractivity contribution in [2.75, 3.05) is 19.5 Å². The summed E-state index contributed by atoms with van der Waals surface area (Å²) in [5, 5.41) is 14.5. The maximum absolute atomic E-state index is 10.9. The maximum Gasteiger partial charge on any atom is 0.161 e. The second kappa shape index (κ2) is 9.62. The predicted octanol–water partition coefficient (Wildman–Crippen LogP) is 5.74. The van der Waals surface area contributed by atoms with Gasteiger partial charge in [0.1, 0.15) is 0 Å². The second-order valence-corrected chi connectivity index (χ2v) is 7.40. The van der Waals surface area contributed by atoms with Gasteiger partial charge in [-0.05, 0) is 47.5 Å². The molecular weight excluding hydrogens is 418 g/mol. The van der Waals surface area contributed by atoms with E-state index in [2.05, 4.69) is 33.4 Å². The van der Waals surface area contributed by atoms with E-state index in [0.717, 1.165) is 21.3 Å². The number of halogens is 1. The molecule has 146 valence electrons. The van der Waals surface area contributed by atoms with Crippen molar-refractivity contribution in [3.8, 4) is 11.5 Å². The van der Waals surface area contributed by atoms with Gasteiger partial charge in [-0.2, -0.15) is 0 Å². The summed E-state index contributed by atoms with van der Waals surface area (Å²) < 4.78 is 11.7. The van der Waals surface area contributed by atoms with Crippen LogP contribution in [0.25, 0.3) is 0 Å². The highest BCUT2D eigenvalue weighted by Crippen LogP contribution is 2.34. The minimum atomic E-state index is -0.659. The van der Waals surface area contributed by atoms with Crippen molar-refractivity contribution in [3.63, 3.8) is 0 Å². The van der Waals surface area contributed by atoms with Gasteiger partial charge in [0.05, 0.1) is 26.4 Å². The summed E-state index contributed by atoms with van der Waals surface area (Å²) in [5.74, 6) is 1.25. The molecule has 0 saturated heterocycles. The van der Waals surface area contributed by atoms with E-state index in [1.807, 2.05) is 60.7 Å². The van der Waals surface area contributed by atoms with Crippen molar-refractivity contribution in [2.45, 2.75) is 18.6 Å². The number of rotatable bonds is 8. The summed E-state index contributed by atoms with van der Waals surface area (Å²) in [6.07, 6.45) is -0.150. The van der Waals surface area contributed by atoms with E-state index in [-0.39, 0.29) is 6.04 Å². The Morgan fingerprint density at radius 3 is 2.18 bits per heavy atom. The number of aliphatic hydroxyl groups excluding tert-OH is 1. The van der Waals surface area contributed by atoms with Crippen molar-refractivity contribution in [1.29, 1.82) is 0 Å². The molecule has 2 atom stereocenters. The summed E-state index contributed by atoms with van der Waals surface area (Å²) >= 11 is 3.46. The fourth-order valence-electron chi connectivity index (χ4n) is 3.13. The Hall–Kier alpha value is -2.50. The van der Waals surface area contributed by atoms with Gasteiger partial charge in [-0.25, -0.2) is 0 Å². The average Bonchev–Trinajstić information content (AvgIpc) is 2.74. The monoisotopic (exact) mass is 441 g/mol. The normalized spacial score (nSPS) is 12.9. The van der Waals surface area contributed by atoms with E-state index in [1.54, 1.807) is 14.2 Å². The lowest BCUT2D eigenvalue weighted by Gasteiger charge is -2.24. The van der Waals surface area contributed by atoms with Crippen LogP contribution in [0.2, 0.25) is 0 Å². The predicted molar refractivity (Wildman–Crippen MR) is 116 cm³/mol. The highest BCUT2D eigenvalue weighted by Gasteiger charge is 2.19. The number of methoxy groups -OCH3 is 2. The number of nitrogens with one attached hydrogen (secondary N) is 1. The first-order valence-electron chi connectivity index (χ1n) is 9.07. The Kier molecular flexibility index (Phi) is 6.95. The van der Waals surface area contributed by atoms with Gasteiger partial charge in [-0.15, -0.1) is 0 Å². The first kappa shape index (κ1) is 20.2. The minimum Gasteiger partial charge on any atom is -0.493 e. The number of aliphatic hydroxyl groups is 1. The highest BCUT2D eigenvalue weighted by atomic mass is 79.9. The first-order chi connectivity index (χ1) is 13.6. The van der Waals surface area contributed by atoms with Crippen molar-refractivity contribution in [1.82, 2.24) is 0 Å². The number of anilines is 1. The summed E-state index contributed by atoms with van der Waals surface area (Å²) in [6, 6.07) is 23.6. The van der Waals surface area contributed by atoms with Gasteiger partial charge in [0, 0.05) is 16.6 Å². The lowest BCUT2D eigenvalue weighted by molar-refractivity contribution is 0.160. The molecule has 0 aliphatic heterocycles. The van der Waals surface area contributed by atoms with E-state index in [4.69, 9.17) is 9.47 Å². The van der Waals surface area contributed by atoms with E-state index in [1.165, 1.54) is 0 Å². The standard InChI is InChI=1S/C23H24BrNO3/c1-27-22-13-8-17(14-23(22)28-2)21(26)15-20(16-6-4-3-5-7-16)25-19-11-9-18(24)10-12-19/h3-14,20-21,25-26H,15H2,1-2H3. The zero-order chi connectivity index (χ0) is 19.9. The Morgan fingerprint density at radius 2 is 1.54 bits per heavy atom. The third kappa shape index (κ3) is 5.06. The van der Waals surface area contributed by atoms with Gasteiger partial charge < -0.3 is 19.9 Å². The summed E-state index contributed by atoms with van der Waals surface area (Å²) in [7, 11) is 3.19. The number of benzene rings is 3. The molecule has 0 fully saturated rings. The molecule has 5 heteroatoms. The van der Waals surface area contributed by atoms with Crippen molar-refractivity contribution >= 4 is 21.6 Å². The Balaban J connectivity index is 1.83. The Labute approximate surface area is 174 Å². The van der Waals surface area contributed by atoms with Crippen LogP contribution in [0.5, 0.6) is 11.5 Å². The Bertz CT molecular complexity index is 884. The molecule has 2 unspecified atom stereocenters. The largest absolute Gasteiger partial charge is 0.493 e. The van der Waals surface area contributed by atoms with Gasteiger partial charge in [0.25, 0.3) is 0 Å². The van der Waals surface area contributed by atoms with Gasteiger partial charge in [0.15, 0.2) is 11.5 Å². The lowest BCUT2D eigenvalue weighted by Crippen LogP contribution is -2.15. The van der Waals surface area contributed by atoms with E-state index in [9.17, 15) is 5.11 Å². The molecule has 3 aromatic carbocycles. The van der Waals surface area contributed by atoms with Crippen LogP contribution in [-0.2, 0) is 0 Å².